The van der Waals surface area contributed by atoms with E-state index in [4.69, 9.17) is 10.6 Å². The van der Waals surface area contributed by atoms with Gasteiger partial charge in [0, 0.05) is 12.5 Å². The molecule has 0 radical (unpaired) electrons. The van der Waals surface area contributed by atoms with Crippen LogP contribution in [0.15, 0.2) is 30.3 Å². The van der Waals surface area contributed by atoms with Crippen molar-refractivity contribution in [2.75, 3.05) is 0 Å². The van der Waals surface area contributed by atoms with Crippen LogP contribution in [-0.4, -0.2) is 11.9 Å². The topological polar surface area (TPSA) is 64.4 Å². The maximum absolute atomic E-state index is 11.6. The molecule has 4 nitrogen and oxygen atoms in total. The van der Waals surface area contributed by atoms with Gasteiger partial charge in [0.1, 0.15) is 0 Å². The Kier molecular flexibility index (Phi) is 5.31. The number of carbonyl (C=O) groups excluding carboxylic acids is 1. The lowest BCUT2D eigenvalue weighted by molar-refractivity contribution is -0.135. The molecule has 0 aliphatic carbocycles. The first-order valence-corrected chi connectivity index (χ1v) is 6.09. The lowest BCUT2D eigenvalue weighted by Crippen LogP contribution is -2.40. The normalized spacial score (nSPS) is 13.1. The fraction of sp³-hybridized carbons (Fsp3) is 0.500. The van der Waals surface area contributed by atoms with Crippen LogP contribution in [0.5, 0.6) is 0 Å². The van der Waals surface area contributed by atoms with E-state index >= 15 is 0 Å². The smallest absolute Gasteiger partial charge is 0.245 e. The molecule has 0 saturated heterocycles. The Bertz CT molecular complexity index is 371. The molecule has 0 saturated carbocycles. The van der Waals surface area contributed by atoms with Gasteiger partial charge in [0.2, 0.25) is 5.91 Å². The van der Waals surface area contributed by atoms with Crippen molar-refractivity contribution in [3.63, 3.8) is 0 Å². The van der Waals surface area contributed by atoms with Crippen LogP contribution in [0.1, 0.15) is 32.8 Å². The molecule has 1 unspecified atom stereocenters. The van der Waals surface area contributed by atoms with Crippen LogP contribution in [-0.2, 0) is 16.2 Å². The van der Waals surface area contributed by atoms with E-state index in [0.29, 0.717) is 6.61 Å². The second-order valence-electron chi connectivity index (χ2n) is 5.48. The predicted octanol–water partition coefficient (Wildman–Crippen LogP) is 2.00. The number of hydrogen-bond donors (Lipinski definition) is 2. The number of benzene rings is 1. The highest BCUT2D eigenvalue weighted by molar-refractivity contribution is 5.75. The number of amides is 1. The third-order valence-electron chi connectivity index (χ3n) is 2.79. The maximum Gasteiger partial charge on any atom is 0.245 e. The molecule has 18 heavy (non-hydrogen) atoms. The number of nitrogens with two attached hydrogens (primary N) is 1. The van der Waals surface area contributed by atoms with Gasteiger partial charge in [-0.2, -0.15) is 0 Å². The predicted molar refractivity (Wildman–Crippen MR) is 71.4 cm³/mol. The zero-order chi connectivity index (χ0) is 13.6. The summed E-state index contributed by atoms with van der Waals surface area (Å²) in [6, 6.07) is 9.48. The van der Waals surface area contributed by atoms with Crippen LogP contribution in [0.3, 0.4) is 0 Å². The minimum Gasteiger partial charge on any atom is -0.327 e. The second-order valence-corrected chi connectivity index (χ2v) is 5.48. The largest absolute Gasteiger partial charge is 0.327 e. The highest BCUT2D eigenvalue weighted by Crippen LogP contribution is 2.19. The molecular formula is C14H22N2O2. The summed E-state index contributed by atoms with van der Waals surface area (Å²) in [7, 11) is 0. The Hall–Kier alpha value is -1.39. The van der Waals surface area contributed by atoms with E-state index in [2.05, 4.69) is 5.48 Å². The highest BCUT2D eigenvalue weighted by atomic mass is 16.6. The summed E-state index contributed by atoms with van der Waals surface area (Å²) < 4.78 is 0. The van der Waals surface area contributed by atoms with Crippen molar-refractivity contribution >= 4 is 5.91 Å². The fourth-order valence-corrected chi connectivity index (χ4v) is 1.32. The van der Waals surface area contributed by atoms with E-state index in [1.165, 1.54) is 0 Å². The molecular weight excluding hydrogens is 228 g/mol. The van der Waals surface area contributed by atoms with E-state index in [9.17, 15) is 4.79 Å². The summed E-state index contributed by atoms with van der Waals surface area (Å²) in [4.78, 5) is 16.7. The van der Waals surface area contributed by atoms with Gasteiger partial charge in [-0.1, -0.05) is 51.1 Å². The summed E-state index contributed by atoms with van der Waals surface area (Å²) in [5, 5.41) is 0. The van der Waals surface area contributed by atoms with E-state index in [1.807, 2.05) is 51.1 Å². The van der Waals surface area contributed by atoms with Gasteiger partial charge in [0.25, 0.3) is 0 Å². The summed E-state index contributed by atoms with van der Waals surface area (Å²) >= 11 is 0. The number of hydrogen-bond acceptors (Lipinski definition) is 3. The average molecular weight is 250 g/mol. The summed E-state index contributed by atoms with van der Waals surface area (Å²) in [6.45, 7) is 6.39. The van der Waals surface area contributed by atoms with Crippen LogP contribution < -0.4 is 11.2 Å². The van der Waals surface area contributed by atoms with Gasteiger partial charge in [-0.05, 0) is 11.0 Å². The molecule has 0 fully saturated rings. The van der Waals surface area contributed by atoms with Crippen molar-refractivity contribution in [1.29, 1.82) is 0 Å². The standard InChI is InChI=1S/C14H22N2O2/c1-14(2,3)12(15)9-13(17)16-18-10-11-7-5-4-6-8-11/h4-8,12H,9-10,15H2,1-3H3,(H,16,17). The Morgan fingerprint density at radius 3 is 2.50 bits per heavy atom. The molecule has 1 atom stereocenters. The van der Waals surface area contributed by atoms with Gasteiger partial charge >= 0.3 is 0 Å². The SMILES string of the molecule is CC(C)(C)C(N)CC(=O)NOCc1ccccc1. The zero-order valence-corrected chi connectivity index (χ0v) is 11.3. The van der Waals surface area contributed by atoms with Gasteiger partial charge in [0.05, 0.1) is 6.61 Å². The van der Waals surface area contributed by atoms with Crippen LogP contribution in [0.25, 0.3) is 0 Å². The average Bonchev–Trinajstić information content (AvgIpc) is 2.29. The van der Waals surface area contributed by atoms with Gasteiger partial charge in [-0.15, -0.1) is 0 Å². The molecule has 3 N–H and O–H groups in total. The van der Waals surface area contributed by atoms with Crippen LogP contribution in [0, 0.1) is 5.41 Å². The minimum absolute atomic E-state index is 0.0865. The number of rotatable bonds is 5. The van der Waals surface area contributed by atoms with Crippen molar-refractivity contribution in [1.82, 2.24) is 5.48 Å². The highest BCUT2D eigenvalue weighted by Gasteiger charge is 2.23. The Morgan fingerprint density at radius 1 is 1.33 bits per heavy atom. The lowest BCUT2D eigenvalue weighted by atomic mass is 9.85. The van der Waals surface area contributed by atoms with Crippen molar-refractivity contribution in [2.24, 2.45) is 11.1 Å². The Labute approximate surface area is 108 Å². The van der Waals surface area contributed by atoms with Crippen LogP contribution >= 0.6 is 0 Å². The fourth-order valence-electron chi connectivity index (χ4n) is 1.32. The van der Waals surface area contributed by atoms with E-state index in [1.54, 1.807) is 0 Å². The zero-order valence-electron chi connectivity index (χ0n) is 11.3. The minimum atomic E-state index is -0.187. The molecule has 1 aromatic rings. The monoisotopic (exact) mass is 250 g/mol. The molecule has 4 heteroatoms. The van der Waals surface area contributed by atoms with E-state index < -0.39 is 0 Å². The lowest BCUT2D eigenvalue weighted by Gasteiger charge is -2.26. The third kappa shape index (κ3) is 5.29. The number of hydroxylamine groups is 1. The van der Waals surface area contributed by atoms with Gasteiger partial charge in [0.15, 0.2) is 0 Å². The molecule has 0 aromatic heterocycles. The Morgan fingerprint density at radius 2 is 1.94 bits per heavy atom. The molecule has 1 rings (SSSR count). The number of carbonyl (C=O) groups is 1. The molecule has 0 aliphatic rings. The molecule has 0 aliphatic heterocycles. The van der Waals surface area contributed by atoms with Crippen molar-refractivity contribution < 1.29 is 9.63 Å². The molecule has 0 spiro atoms. The summed E-state index contributed by atoms with van der Waals surface area (Å²) in [5.41, 5.74) is 9.26. The maximum atomic E-state index is 11.6. The summed E-state index contributed by atoms with van der Waals surface area (Å²) in [5.74, 6) is -0.187. The molecule has 1 amide bonds. The van der Waals surface area contributed by atoms with Gasteiger partial charge in [-0.25, -0.2) is 5.48 Å². The van der Waals surface area contributed by atoms with Gasteiger partial charge < -0.3 is 5.73 Å². The quantitative estimate of drug-likeness (QED) is 0.786. The first-order valence-electron chi connectivity index (χ1n) is 6.09. The molecule has 0 bridgehead atoms. The molecule has 0 heterocycles. The molecule has 100 valence electrons. The van der Waals surface area contributed by atoms with Gasteiger partial charge in [-0.3, -0.25) is 9.63 Å². The third-order valence-corrected chi connectivity index (χ3v) is 2.79. The van der Waals surface area contributed by atoms with E-state index in [0.717, 1.165) is 5.56 Å². The van der Waals surface area contributed by atoms with Crippen LogP contribution in [0.4, 0.5) is 0 Å². The Balaban J connectivity index is 2.26. The van der Waals surface area contributed by atoms with Crippen molar-refractivity contribution in [2.45, 2.75) is 39.8 Å². The summed E-state index contributed by atoms with van der Waals surface area (Å²) in [6.07, 6.45) is 0.262. The molecule has 1 aromatic carbocycles. The first-order chi connectivity index (χ1) is 8.39. The second kappa shape index (κ2) is 6.52. The van der Waals surface area contributed by atoms with Crippen molar-refractivity contribution in [3.8, 4) is 0 Å². The van der Waals surface area contributed by atoms with Crippen molar-refractivity contribution in [3.05, 3.63) is 35.9 Å². The first kappa shape index (κ1) is 14.7. The van der Waals surface area contributed by atoms with E-state index in [-0.39, 0.29) is 23.8 Å². The van der Waals surface area contributed by atoms with Crippen LogP contribution in [0.2, 0.25) is 0 Å². The number of nitrogens with one attached hydrogen (secondary N) is 1.